The standard InChI is InChI=1S/C23H19Cl3N4O3S2/c1-13-14(2)34-23(29-13)28-11-15-3-5-17(6-4-15)33-22-21(9-16(24)12-27-22)30-35(31,32)18-7-8-19(25)20(26)10-18/h3-10,12,30H,11H2,1-2H3,(H,28,29). The quantitative estimate of drug-likeness (QED) is 0.231. The lowest BCUT2D eigenvalue weighted by Gasteiger charge is -2.13. The minimum atomic E-state index is -4.01. The number of hydrogen-bond acceptors (Lipinski definition) is 7. The Labute approximate surface area is 222 Å². The first-order chi connectivity index (χ1) is 16.6. The summed E-state index contributed by atoms with van der Waals surface area (Å²) in [6.07, 6.45) is 1.37. The summed E-state index contributed by atoms with van der Waals surface area (Å²) in [4.78, 5) is 9.72. The maximum atomic E-state index is 12.9. The van der Waals surface area contributed by atoms with Crippen molar-refractivity contribution < 1.29 is 13.2 Å². The number of pyridine rings is 1. The Bertz CT molecular complexity index is 1460. The second-order valence-corrected chi connectivity index (χ2v) is 11.6. The van der Waals surface area contributed by atoms with Gasteiger partial charge in [-0.15, -0.1) is 11.3 Å². The number of aryl methyl sites for hydroxylation is 2. The summed E-state index contributed by atoms with van der Waals surface area (Å²) in [6.45, 7) is 4.61. The Morgan fingerprint density at radius 2 is 1.74 bits per heavy atom. The molecule has 2 aromatic heterocycles. The highest BCUT2D eigenvalue weighted by atomic mass is 35.5. The van der Waals surface area contributed by atoms with Crippen LogP contribution < -0.4 is 14.8 Å². The predicted octanol–water partition coefficient (Wildman–Crippen LogP) is 7.32. The molecule has 0 aliphatic heterocycles. The molecular formula is C23H19Cl3N4O3S2. The van der Waals surface area contributed by atoms with E-state index in [2.05, 4.69) is 20.0 Å². The monoisotopic (exact) mass is 568 g/mol. The second-order valence-electron chi connectivity index (χ2n) is 7.45. The average molecular weight is 570 g/mol. The third-order valence-corrected chi connectivity index (χ3v) is 8.21. The van der Waals surface area contributed by atoms with Gasteiger partial charge in [0.15, 0.2) is 5.13 Å². The first kappa shape index (κ1) is 25.5. The summed E-state index contributed by atoms with van der Waals surface area (Å²) in [6, 6.07) is 12.7. The largest absolute Gasteiger partial charge is 0.437 e. The molecule has 12 heteroatoms. The van der Waals surface area contributed by atoms with E-state index in [-0.39, 0.29) is 31.5 Å². The summed E-state index contributed by atoms with van der Waals surface area (Å²) in [5, 5.41) is 4.76. The van der Waals surface area contributed by atoms with Crippen molar-refractivity contribution in [2.24, 2.45) is 0 Å². The van der Waals surface area contributed by atoms with E-state index in [4.69, 9.17) is 39.5 Å². The predicted molar refractivity (Wildman–Crippen MR) is 142 cm³/mol. The fourth-order valence-corrected chi connectivity index (χ4v) is 5.35. The molecule has 4 aromatic rings. The van der Waals surface area contributed by atoms with Gasteiger partial charge in [-0.05, 0) is 55.8 Å². The molecule has 0 saturated heterocycles. The minimum Gasteiger partial charge on any atom is -0.437 e. The van der Waals surface area contributed by atoms with Gasteiger partial charge in [0.25, 0.3) is 10.0 Å². The molecule has 2 aromatic carbocycles. The van der Waals surface area contributed by atoms with Crippen LogP contribution in [0.15, 0.2) is 59.6 Å². The van der Waals surface area contributed by atoms with Gasteiger partial charge >= 0.3 is 0 Å². The Balaban J connectivity index is 1.49. The van der Waals surface area contributed by atoms with E-state index in [1.165, 1.54) is 35.3 Å². The summed E-state index contributed by atoms with van der Waals surface area (Å²) in [7, 11) is -4.01. The van der Waals surface area contributed by atoms with Crippen molar-refractivity contribution in [3.63, 3.8) is 0 Å². The molecular weight excluding hydrogens is 551 g/mol. The van der Waals surface area contributed by atoms with Crippen LogP contribution in [0.2, 0.25) is 15.1 Å². The summed E-state index contributed by atoms with van der Waals surface area (Å²) in [5.41, 5.74) is 2.11. The van der Waals surface area contributed by atoms with E-state index in [1.807, 2.05) is 26.0 Å². The lowest BCUT2D eigenvalue weighted by molar-refractivity contribution is 0.465. The molecule has 7 nitrogen and oxygen atoms in total. The van der Waals surface area contributed by atoms with E-state index in [1.54, 1.807) is 23.5 Å². The number of sulfonamides is 1. The molecule has 0 spiro atoms. The molecule has 0 unspecified atom stereocenters. The van der Waals surface area contributed by atoms with E-state index in [0.29, 0.717) is 12.3 Å². The SMILES string of the molecule is Cc1nc(NCc2ccc(Oc3ncc(Cl)cc3NS(=O)(=O)c3ccc(Cl)c(Cl)c3)cc2)sc1C. The van der Waals surface area contributed by atoms with E-state index >= 15 is 0 Å². The van der Waals surface area contributed by atoms with E-state index in [0.717, 1.165) is 16.4 Å². The lowest BCUT2D eigenvalue weighted by atomic mass is 10.2. The smallest absolute Gasteiger partial charge is 0.262 e. The number of anilines is 2. The lowest BCUT2D eigenvalue weighted by Crippen LogP contribution is -2.14. The fourth-order valence-electron chi connectivity index (χ4n) is 2.94. The van der Waals surface area contributed by atoms with Gasteiger partial charge in [0.2, 0.25) is 5.88 Å². The van der Waals surface area contributed by atoms with Crippen LogP contribution in [0, 0.1) is 13.8 Å². The Hall–Kier alpha value is -2.56. The zero-order valence-corrected chi connectivity index (χ0v) is 22.4. The normalized spacial score (nSPS) is 11.3. The van der Waals surface area contributed by atoms with Crippen molar-refractivity contribution in [3.8, 4) is 11.6 Å². The van der Waals surface area contributed by atoms with Crippen LogP contribution in [0.5, 0.6) is 11.6 Å². The number of halogens is 3. The zero-order chi connectivity index (χ0) is 25.2. The molecule has 182 valence electrons. The summed E-state index contributed by atoms with van der Waals surface area (Å²) < 4.78 is 34.1. The Kier molecular flexibility index (Phi) is 7.73. The maximum Gasteiger partial charge on any atom is 0.262 e. The summed E-state index contributed by atoms with van der Waals surface area (Å²) >= 11 is 19.5. The molecule has 0 bridgehead atoms. The van der Waals surface area contributed by atoms with Gasteiger partial charge < -0.3 is 10.1 Å². The number of ether oxygens (including phenoxy) is 1. The van der Waals surface area contributed by atoms with Crippen molar-refractivity contribution in [3.05, 3.63) is 85.9 Å². The molecule has 0 aliphatic rings. The van der Waals surface area contributed by atoms with Crippen LogP contribution in [0.1, 0.15) is 16.1 Å². The Morgan fingerprint density at radius 3 is 2.40 bits per heavy atom. The van der Waals surface area contributed by atoms with Crippen molar-refractivity contribution >= 4 is 67.0 Å². The van der Waals surface area contributed by atoms with Gasteiger partial charge in [-0.2, -0.15) is 0 Å². The van der Waals surface area contributed by atoms with Gasteiger partial charge in [-0.1, -0.05) is 46.9 Å². The molecule has 0 radical (unpaired) electrons. The Morgan fingerprint density at radius 1 is 1.00 bits per heavy atom. The molecule has 0 fully saturated rings. The highest BCUT2D eigenvalue weighted by Gasteiger charge is 2.19. The van der Waals surface area contributed by atoms with E-state index in [9.17, 15) is 8.42 Å². The highest BCUT2D eigenvalue weighted by molar-refractivity contribution is 7.92. The molecule has 0 atom stereocenters. The third kappa shape index (κ3) is 6.36. The van der Waals surface area contributed by atoms with Crippen LogP contribution in [-0.4, -0.2) is 18.4 Å². The molecule has 0 saturated carbocycles. The molecule has 2 N–H and O–H groups in total. The second kappa shape index (κ2) is 10.6. The van der Waals surface area contributed by atoms with E-state index < -0.39 is 10.0 Å². The highest BCUT2D eigenvalue weighted by Crippen LogP contribution is 2.33. The minimum absolute atomic E-state index is 0.0395. The van der Waals surface area contributed by atoms with Gasteiger partial charge in [0.05, 0.1) is 25.7 Å². The first-order valence-corrected chi connectivity index (χ1v) is 13.6. The van der Waals surface area contributed by atoms with Gasteiger partial charge in [0.1, 0.15) is 11.4 Å². The fraction of sp³-hybridized carbons (Fsp3) is 0.130. The molecule has 0 aliphatic carbocycles. The number of aromatic nitrogens is 2. The van der Waals surface area contributed by atoms with Crippen molar-refractivity contribution in [1.29, 1.82) is 0 Å². The van der Waals surface area contributed by atoms with Crippen LogP contribution in [0.3, 0.4) is 0 Å². The molecule has 2 heterocycles. The number of hydrogen-bond donors (Lipinski definition) is 2. The number of benzene rings is 2. The van der Waals surface area contributed by atoms with Crippen LogP contribution in [-0.2, 0) is 16.6 Å². The first-order valence-electron chi connectivity index (χ1n) is 10.2. The number of nitrogens with zero attached hydrogens (tertiary/aromatic N) is 2. The topological polar surface area (TPSA) is 93.2 Å². The van der Waals surface area contributed by atoms with Crippen LogP contribution >= 0.6 is 46.1 Å². The van der Waals surface area contributed by atoms with Crippen molar-refractivity contribution in [2.75, 3.05) is 10.0 Å². The molecule has 0 amide bonds. The number of rotatable bonds is 8. The number of nitrogens with one attached hydrogen (secondary N) is 2. The third-order valence-electron chi connectivity index (χ3n) is 4.87. The molecule has 35 heavy (non-hydrogen) atoms. The average Bonchev–Trinajstić information content (AvgIpc) is 3.13. The van der Waals surface area contributed by atoms with Crippen LogP contribution in [0.4, 0.5) is 10.8 Å². The van der Waals surface area contributed by atoms with Gasteiger partial charge in [-0.25, -0.2) is 18.4 Å². The van der Waals surface area contributed by atoms with Crippen molar-refractivity contribution in [1.82, 2.24) is 9.97 Å². The van der Waals surface area contributed by atoms with Crippen LogP contribution in [0.25, 0.3) is 0 Å². The molecule has 4 rings (SSSR count). The van der Waals surface area contributed by atoms with Crippen molar-refractivity contribution in [2.45, 2.75) is 25.3 Å². The number of thiazole rings is 1. The van der Waals surface area contributed by atoms with Gasteiger partial charge in [0, 0.05) is 17.6 Å². The maximum absolute atomic E-state index is 12.9. The zero-order valence-electron chi connectivity index (χ0n) is 18.5. The van der Waals surface area contributed by atoms with Gasteiger partial charge in [-0.3, -0.25) is 4.72 Å². The summed E-state index contributed by atoms with van der Waals surface area (Å²) in [5.74, 6) is 0.511.